The van der Waals surface area contributed by atoms with Gasteiger partial charge in [-0.15, -0.1) is 0 Å². The topological polar surface area (TPSA) is 75.4 Å². The fourth-order valence-corrected chi connectivity index (χ4v) is 4.86. The van der Waals surface area contributed by atoms with Crippen LogP contribution in [0.1, 0.15) is 41.8 Å². The quantitative estimate of drug-likeness (QED) is 0.337. The van der Waals surface area contributed by atoms with E-state index in [1.54, 1.807) is 6.07 Å². The fourth-order valence-electron chi connectivity index (χ4n) is 4.86. The Hall–Kier alpha value is -3.12. The molecule has 1 atom stereocenters. The van der Waals surface area contributed by atoms with E-state index in [2.05, 4.69) is 68.5 Å². The van der Waals surface area contributed by atoms with Gasteiger partial charge in [0.15, 0.2) is 5.76 Å². The number of rotatable bonds is 8. The summed E-state index contributed by atoms with van der Waals surface area (Å²) in [5.74, 6) is 0.977. The molecule has 0 bridgehead atoms. The van der Waals surface area contributed by atoms with Crippen molar-refractivity contribution in [3.05, 3.63) is 101 Å². The van der Waals surface area contributed by atoms with E-state index >= 15 is 0 Å². The number of aromatic nitrogens is 1. The molecule has 3 aromatic carbocycles. The van der Waals surface area contributed by atoms with Gasteiger partial charge in [-0.25, -0.2) is 4.98 Å². The number of carboxylic acids is 1. The Bertz CT molecular complexity index is 1360. The van der Waals surface area contributed by atoms with Crippen LogP contribution < -0.4 is 39.4 Å². The van der Waals surface area contributed by atoms with Crippen molar-refractivity contribution >= 4 is 11.5 Å². The molecule has 0 saturated carbocycles. The third-order valence-electron chi connectivity index (χ3n) is 6.81. The van der Waals surface area contributed by atoms with Crippen molar-refractivity contribution < 1.29 is 48.6 Å². The molecule has 0 amide bonds. The van der Waals surface area contributed by atoms with Crippen LogP contribution in [0.2, 0.25) is 0 Å². The number of carbonyl (C=O) groups is 1. The van der Waals surface area contributed by atoms with Gasteiger partial charge in [0.25, 0.3) is 0 Å². The van der Waals surface area contributed by atoms with E-state index in [1.165, 1.54) is 11.1 Å². The van der Waals surface area contributed by atoms with E-state index in [4.69, 9.17) is 14.1 Å². The van der Waals surface area contributed by atoms with E-state index in [0.717, 1.165) is 59.4 Å². The number of benzene rings is 3. The first-order valence-corrected chi connectivity index (χ1v) is 12.7. The maximum atomic E-state index is 10.8. The predicted octanol–water partition coefficient (Wildman–Crippen LogP) is 3.18. The van der Waals surface area contributed by atoms with E-state index in [9.17, 15) is 9.90 Å². The normalized spacial score (nSPS) is 14.9. The van der Waals surface area contributed by atoms with Gasteiger partial charge in [-0.2, -0.15) is 0 Å². The summed E-state index contributed by atoms with van der Waals surface area (Å²) in [4.78, 5) is 15.8. The number of nitrogens with zero attached hydrogens (tertiary/aromatic N) is 1. The summed E-state index contributed by atoms with van der Waals surface area (Å²) in [6.07, 6.45) is 6.16. The van der Waals surface area contributed by atoms with Crippen molar-refractivity contribution in [2.75, 3.05) is 6.61 Å². The molecule has 1 aliphatic carbocycles. The minimum atomic E-state index is -1.24. The second kappa shape index (κ2) is 12.6. The summed E-state index contributed by atoms with van der Waals surface area (Å²) in [7, 11) is 0. The number of carbonyl (C=O) groups excluding carboxylic acids is 1. The average molecular weight is 516 g/mol. The molecule has 188 valence electrons. The molecule has 38 heavy (non-hydrogen) atoms. The number of ether oxygens (including phenoxy) is 1. The number of allylic oxidation sites excluding steroid dienone is 2. The van der Waals surface area contributed by atoms with Crippen LogP contribution in [-0.4, -0.2) is 17.6 Å². The molecule has 1 aliphatic rings. The molecule has 5 rings (SSSR count). The van der Waals surface area contributed by atoms with Crippen molar-refractivity contribution in [1.29, 1.82) is 0 Å². The Morgan fingerprint density at radius 3 is 2.37 bits per heavy atom. The van der Waals surface area contributed by atoms with Gasteiger partial charge in [-0.3, -0.25) is 0 Å². The number of aryl methyl sites for hydroxylation is 2. The Labute approximate surface area is 245 Å². The average Bonchev–Trinajstić information content (AvgIpc) is 3.34. The first kappa shape index (κ1) is 27.9. The van der Waals surface area contributed by atoms with Crippen LogP contribution in [0.15, 0.2) is 83.3 Å². The summed E-state index contributed by atoms with van der Waals surface area (Å²) >= 11 is 0. The second-order valence-corrected chi connectivity index (χ2v) is 9.73. The van der Waals surface area contributed by atoms with Crippen LogP contribution in [0.25, 0.3) is 28.2 Å². The monoisotopic (exact) mass is 515 g/mol. The van der Waals surface area contributed by atoms with Crippen LogP contribution in [0.3, 0.4) is 0 Å². The Kier molecular flexibility index (Phi) is 9.26. The van der Waals surface area contributed by atoms with Gasteiger partial charge in [-0.1, -0.05) is 77.9 Å². The predicted molar refractivity (Wildman–Crippen MR) is 143 cm³/mol. The molecular formula is C32H30NNaO4. The van der Waals surface area contributed by atoms with E-state index in [0.29, 0.717) is 11.6 Å². The number of carboxylic acid groups (broad SMARTS) is 1. The minimum absolute atomic E-state index is 0. The molecule has 0 radical (unpaired) electrons. The Morgan fingerprint density at radius 1 is 1.00 bits per heavy atom. The molecule has 1 unspecified atom stereocenters. The molecule has 0 saturated heterocycles. The molecule has 1 aromatic heterocycles. The van der Waals surface area contributed by atoms with Gasteiger partial charge in [0.05, 0.1) is 5.97 Å². The standard InChI is InChI=1S/C32H31NO4.Na/c1-21-10-14-24(15-11-21)30-31(25-16-12-22(2)13-17-25)37-32(33-30)28-9-4-3-7-26(28)18-23-6-5-8-27(19-23)36-20-29(34)35;/h5-6,8-17,19,26H,3-4,7,18,20H2,1-2H3,(H,34,35);/q;+1/p-1. The first-order valence-electron chi connectivity index (χ1n) is 12.7. The van der Waals surface area contributed by atoms with Gasteiger partial charge in [0.2, 0.25) is 5.89 Å². The summed E-state index contributed by atoms with van der Waals surface area (Å²) in [5, 5.41) is 10.8. The summed E-state index contributed by atoms with van der Waals surface area (Å²) in [5.41, 5.74) is 7.48. The van der Waals surface area contributed by atoms with Crippen LogP contribution in [0, 0.1) is 19.8 Å². The van der Waals surface area contributed by atoms with Gasteiger partial charge in [-0.05, 0) is 63.1 Å². The molecule has 4 aromatic rings. The number of hydrogen-bond acceptors (Lipinski definition) is 5. The fraction of sp³-hybridized carbons (Fsp3) is 0.250. The third-order valence-corrected chi connectivity index (χ3v) is 6.81. The zero-order valence-electron chi connectivity index (χ0n) is 22.2. The molecular weight excluding hydrogens is 485 g/mol. The molecule has 0 aliphatic heterocycles. The number of oxazole rings is 1. The van der Waals surface area contributed by atoms with E-state index in [1.807, 2.05) is 18.2 Å². The molecule has 0 spiro atoms. The van der Waals surface area contributed by atoms with Crippen LogP contribution in [0.4, 0.5) is 0 Å². The van der Waals surface area contributed by atoms with Crippen molar-refractivity contribution in [2.24, 2.45) is 5.92 Å². The van der Waals surface area contributed by atoms with Gasteiger partial charge in [0.1, 0.15) is 18.1 Å². The van der Waals surface area contributed by atoms with Crippen LogP contribution in [-0.2, 0) is 11.2 Å². The largest absolute Gasteiger partial charge is 1.00 e. The first-order chi connectivity index (χ1) is 18.0. The molecule has 0 N–H and O–H groups in total. The minimum Gasteiger partial charge on any atom is -0.546 e. The third kappa shape index (κ3) is 6.65. The van der Waals surface area contributed by atoms with Crippen LogP contribution in [0.5, 0.6) is 5.75 Å². The van der Waals surface area contributed by atoms with Gasteiger partial charge >= 0.3 is 29.6 Å². The number of hydrogen-bond donors (Lipinski definition) is 0. The van der Waals surface area contributed by atoms with Gasteiger partial charge in [0, 0.05) is 16.7 Å². The second-order valence-electron chi connectivity index (χ2n) is 9.73. The summed E-state index contributed by atoms with van der Waals surface area (Å²) < 4.78 is 11.9. The molecule has 1 heterocycles. The molecule has 5 nitrogen and oxygen atoms in total. The van der Waals surface area contributed by atoms with Crippen molar-refractivity contribution in [3.8, 4) is 28.3 Å². The number of aliphatic carboxylic acids is 1. The van der Waals surface area contributed by atoms with Crippen molar-refractivity contribution in [1.82, 2.24) is 4.98 Å². The van der Waals surface area contributed by atoms with Crippen molar-refractivity contribution in [2.45, 2.75) is 39.5 Å². The summed E-state index contributed by atoms with van der Waals surface area (Å²) in [6, 6.07) is 24.3. The van der Waals surface area contributed by atoms with Crippen LogP contribution >= 0.6 is 0 Å². The summed E-state index contributed by atoms with van der Waals surface area (Å²) in [6.45, 7) is 3.69. The van der Waals surface area contributed by atoms with Gasteiger partial charge < -0.3 is 19.1 Å². The zero-order chi connectivity index (χ0) is 25.8. The smallest absolute Gasteiger partial charge is 0.546 e. The van der Waals surface area contributed by atoms with Crippen molar-refractivity contribution in [3.63, 3.8) is 0 Å². The zero-order valence-corrected chi connectivity index (χ0v) is 24.2. The molecule has 0 fully saturated rings. The van der Waals surface area contributed by atoms with E-state index < -0.39 is 12.6 Å². The van der Waals surface area contributed by atoms with E-state index in [-0.39, 0.29) is 35.5 Å². The Morgan fingerprint density at radius 2 is 1.68 bits per heavy atom. The SMILES string of the molecule is Cc1ccc(-c2nc(C3=CCCCC3Cc3cccc(OCC(=O)[O-])c3)oc2-c2ccc(C)cc2)cc1.[Na+]. The maximum Gasteiger partial charge on any atom is 1.00 e. The maximum absolute atomic E-state index is 10.8. The molecule has 6 heteroatoms. The Balaban J connectivity index is 0.00000336.